The number of nitrogens with one attached hydrogen (secondary N) is 1. The number of rotatable bonds is 8. The number of para-hydroxylation sites is 1. The van der Waals surface area contributed by atoms with Crippen molar-refractivity contribution >= 4 is 26.9 Å². The average Bonchev–Trinajstić information content (AvgIpc) is 2.71. The van der Waals surface area contributed by atoms with E-state index in [2.05, 4.69) is 9.71 Å². The summed E-state index contributed by atoms with van der Waals surface area (Å²) >= 11 is 0. The Morgan fingerprint density at radius 1 is 1.07 bits per heavy atom. The average molecular weight is 414 g/mol. The largest absolute Gasteiger partial charge is 0.456 e. The summed E-state index contributed by atoms with van der Waals surface area (Å²) in [5.74, 6) is -0.551. The van der Waals surface area contributed by atoms with Gasteiger partial charge >= 0.3 is 5.97 Å². The molecule has 29 heavy (non-hydrogen) atoms. The maximum Gasteiger partial charge on any atom is 0.338 e. The van der Waals surface area contributed by atoms with Crippen LogP contribution in [0.3, 0.4) is 0 Å². The Kier molecular flexibility index (Phi) is 6.58. The molecule has 0 saturated carbocycles. The van der Waals surface area contributed by atoms with Crippen molar-refractivity contribution in [3.8, 4) is 0 Å². The molecule has 7 nitrogen and oxygen atoms in total. The molecule has 3 rings (SSSR count). The Hall–Kier alpha value is -2.81. The summed E-state index contributed by atoms with van der Waals surface area (Å²) in [5.41, 5.74) is 1.72. The van der Waals surface area contributed by atoms with Crippen LogP contribution in [0.2, 0.25) is 0 Å². The number of hydrogen-bond acceptors (Lipinski definition) is 6. The molecular formula is C21H22N2O5S. The fourth-order valence-electron chi connectivity index (χ4n) is 2.80. The molecule has 8 heteroatoms. The van der Waals surface area contributed by atoms with E-state index in [1.165, 1.54) is 31.4 Å². The minimum atomic E-state index is -3.69. The van der Waals surface area contributed by atoms with E-state index in [9.17, 15) is 13.2 Å². The van der Waals surface area contributed by atoms with E-state index in [0.717, 1.165) is 10.9 Å². The van der Waals surface area contributed by atoms with Gasteiger partial charge in [-0.05, 0) is 43.3 Å². The molecule has 0 spiro atoms. The summed E-state index contributed by atoms with van der Waals surface area (Å²) < 4.78 is 37.4. The maximum atomic E-state index is 12.3. The van der Waals surface area contributed by atoms with Crippen molar-refractivity contribution in [1.29, 1.82) is 0 Å². The highest BCUT2D eigenvalue weighted by Gasteiger charge is 2.18. The normalized spacial score (nSPS) is 12.6. The molecule has 3 aromatic rings. The van der Waals surface area contributed by atoms with Crippen molar-refractivity contribution in [2.24, 2.45) is 0 Å². The van der Waals surface area contributed by atoms with E-state index < -0.39 is 16.0 Å². The second-order valence-corrected chi connectivity index (χ2v) is 8.29. The number of fused-ring (bicyclic) bond motifs is 1. The number of pyridine rings is 1. The molecule has 0 aliphatic rings. The SMILES string of the molecule is COC[C@@H](C)NS(=O)(=O)c1ccc(C(=O)OCc2ccc3ccccc3n2)cc1. The molecule has 0 fully saturated rings. The number of nitrogens with zero attached hydrogens (tertiary/aromatic N) is 1. The lowest BCUT2D eigenvalue weighted by atomic mass is 10.2. The third-order valence-electron chi connectivity index (χ3n) is 4.18. The van der Waals surface area contributed by atoms with Gasteiger partial charge in [-0.2, -0.15) is 0 Å². The second-order valence-electron chi connectivity index (χ2n) is 6.57. The molecule has 0 saturated heterocycles. The van der Waals surface area contributed by atoms with Crippen LogP contribution in [-0.4, -0.2) is 39.1 Å². The van der Waals surface area contributed by atoms with Crippen LogP contribution in [0, 0.1) is 0 Å². The third kappa shape index (κ3) is 5.38. The standard InChI is InChI=1S/C21H22N2O5S/c1-15(13-27-2)23-29(25,26)19-11-8-17(9-12-19)21(24)28-14-18-10-7-16-5-3-4-6-20(16)22-18/h3-12,15,23H,13-14H2,1-2H3/t15-/m1/s1. The molecule has 0 aliphatic carbocycles. The first-order valence-corrected chi connectivity index (χ1v) is 10.5. The fourth-order valence-corrected chi connectivity index (χ4v) is 4.03. The summed E-state index contributed by atoms with van der Waals surface area (Å²) in [6.07, 6.45) is 0. The highest BCUT2D eigenvalue weighted by atomic mass is 32.2. The van der Waals surface area contributed by atoms with Crippen molar-refractivity contribution in [3.63, 3.8) is 0 Å². The van der Waals surface area contributed by atoms with Gasteiger partial charge in [0.25, 0.3) is 0 Å². The summed E-state index contributed by atoms with van der Waals surface area (Å²) in [5, 5.41) is 1.01. The molecule has 0 radical (unpaired) electrons. The number of carbonyl (C=O) groups is 1. The molecule has 0 unspecified atom stereocenters. The highest BCUT2D eigenvalue weighted by Crippen LogP contribution is 2.15. The predicted octanol–water partition coefficient (Wildman–Crippen LogP) is 2.91. The monoisotopic (exact) mass is 414 g/mol. The first-order chi connectivity index (χ1) is 13.9. The minimum absolute atomic E-state index is 0.0276. The van der Waals surface area contributed by atoms with Crippen LogP contribution in [0.5, 0.6) is 0 Å². The number of aromatic nitrogens is 1. The zero-order valence-corrected chi connectivity index (χ0v) is 17.0. The number of benzene rings is 2. The number of carbonyl (C=O) groups excluding carboxylic acids is 1. The lowest BCUT2D eigenvalue weighted by Gasteiger charge is -2.13. The van der Waals surface area contributed by atoms with Crippen LogP contribution in [0.25, 0.3) is 10.9 Å². The topological polar surface area (TPSA) is 94.6 Å². The minimum Gasteiger partial charge on any atom is -0.456 e. The summed E-state index contributed by atoms with van der Waals surface area (Å²) in [7, 11) is -2.19. The van der Waals surface area contributed by atoms with Crippen molar-refractivity contribution in [1.82, 2.24) is 9.71 Å². The molecule has 1 heterocycles. The molecule has 1 atom stereocenters. The van der Waals surface area contributed by atoms with Gasteiger partial charge < -0.3 is 9.47 Å². The Balaban J connectivity index is 1.63. The first kappa shape index (κ1) is 20.9. The number of ether oxygens (including phenoxy) is 2. The van der Waals surface area contributed by atoms with Gasteiger partial charge in [-0.3, -0.25) is 0 Å². The van der Waals surface area contributed by atoms with Gasteiger partial charge in [-0.25, -0.2) is 22.9 Å². The van der Waals surface area contributed by atoms with Gasteiger partial charge in [0.1, 0.15) is 6.61 Å². The van der Waals surface area contributed by atoms with Crippen molar-refractivity contribution in [2.75, 3.05) is 13.7 Å². The third-order valence-corrected chi connectivity index (χ3v) is 5.79. The first-order valence-electron chi connectivity index (χ1n) is 9.02. The van der Waals surface area contributed by atoms with Crippen molar-refractivity contribution < 1.29 is 22.7 Å². The van der Waals surface area contributed by atoms with Gasteiger partial charge in [0.05, 0.1) is 28.3 Å². The maximum absolute atomic E-state index is 12.3. The zero-order chi connectivity index (χ0) is 20.9. The van der Waals surface area contributed by atoms with E-state index in [1.807, 2.05) is 30.3 Å². The highest BCUT2D eigenvalue weighted by molar-refractivity contribution is 7.89. The molecule has 2 aromatic carbocycles. The van der Waals surface area contributed by atoms with Crippen LogP contribution in [0.4, 0.5) is 0 Å². The molecule has 0 amide bonds. The molecule has 1 aromatic heterocycles. The van der Waals surface area contributed by atoms with Gasteiger partial charge in [-0.15, -0.1) is 0 Å². The van der Waals surface area contributed by atoms with Crippen molar-refractivity contribution in [3.05, 3.63) is 71.9 Å². The van der Waals surface area contributed by atoms with Gasteiger partial charge in [0.15, 0.2) is 0 Å². The molecular weight excluding hydrogens is 392 g/mol. The van der Waals surface area contributed by atoms with E-state index in [-0.39, 0.29) is 29.7 Å². The van der Waals surface area contributed by atoms with E-state index in [4.69, 9.17) is 9.47 Å². The van der Waals surface area contributed by atoms with Crippen LogP contribution < -0.4 is 4.72 Å². The number of esters is 1. The molecule has 0 bridgehead atoms. The smallest absolute Gasteiger partial charge is 0.338 e. The van der Waals surface area contributed by atoms with Crippen LogP contribution in [0.1, 0.15) is 23.0 Å². The molecule has 0 aliphatic heterocycles. The van der Waals surface area contributed by atoms with Crippen LogP contribution in [-0.2, 0) is 26.1 Å². The summed E-state index contributed by atoms with van der Waals surface area (Å²) in [6.45, 7) is 1.99. The lowest BCUT2D eigenvalue weighted by Crippen LogP contribution is -2.35. The Morgan fingerprint density at radius 2 is 1.79 bits per heavy atom. The van der Waals surface area contributed by atoms with Gasteiger partial charge in [-0.1, -0.05) is 24.3 Å². The summed E-state index contributed by atoms with van der Waals surface area (Å²) in [6, 6.07) is 16.6. The van der Waals surface area contributed by atoms with E-state index >= 15 is 0 Å². The second kappa shape index (κ2) is 9.13. The Bertz CT molecular complexity index is 1100. The fraction of sp³-hybridized carbons (Fsp3) is 0.238. The Morgan fingerprint density at radius 3 is 2.52 bits per heavy atom. The van der Waals surface area contributed by atoms with E-state index in [1.54, 1.807) is 13.0 Å². The molecule has 1 N–H and O–H groups in total. The predicted molar refractivity (Wildman–Crippen MR) is 109 cm³/mol. The van der Waals surface area contributed by atoms with Gasteiger partial charge in [0, 0.05) is 18.5 Å². The quantitative estimate of drug-likeness (QED) is 0.570. The van der Waals surface area contributed by atoms with E-state index in [0.29, 0.717) is 5.69 Å². The zero-order valence-electron chi connectivity index (χ0n) is 16.2. The van der Waals surface area contributed by atoms with Crippen LogP contribution >= 0.6 is 0 Å². The van der Waals surface area contributed by atoms with Crippen LogP contribution in [0.15, 0.2) is 65.6 Å². The number of hydrogen-bond donors (Lipinski definition) is 1. The van der Waals surface area contributed by atoms with Crippen molar-refractivity contribution in [2.45, 2.75) is 24.5 Å². The number of methoxy groups -OCH3 is 1. The summed E-state index contributed by atoms with van der Waals surface area (Å²) in [4.78, 5) is 16.8. The van der Waals surface area contributed by atoms with Gasteiger partial charge in [0.2, 0.25) is 10.0 Å². The molecule has 152 valence electrons. The lowest BCUT2D eigenvalue weighted by molar-refractivity contribution is 0.0468. The number of sulfonamides is 1. The Labute approximate surface area is 169 Å².